The lowest BCUT2D eigenvalue weighted by Gasteiger charge is -2.21. The standard InChI is InChI=1S/C8H9N3OS/c1-8(11-6(12)5-13-8)7-9-3-2-4-10-7/h2-5,11-12H,1H3. The van der Waals surface area contributed by atoms with Gasteiger partial charge in [-0.05, 0) is 13.0 Å². The lowest BCUT2D eigenvalue weighted by atomic mass is 10.3. The zero-order chi connectivity index (χ0) is 9.31. The zero-order valence-corrected chi connectivity index (χ0v) is 7.88. The van der Waals surface area contributed by atoms with Crippen molar-refractivity contribution in [2.75, 3.05) is 0 Å². The van der Waals surface area contributed by atoms with Gasteiger partial charge in [-0.2, -0.15) is 0 Å². The summed E-state index contributed by atoms with van der Waals surface area (Å²) in [6, 6.07) is 1.76. The van der Waals surface area contributed by atoms with E-state index in [1.807, 2.05) is 6.92 Å². The van der Waals surface area contributed by atoms with Gasteiger partial charge in [0.15, 0.2) is 11.7 Å². The van der Waals surface area contributed by atoms with E-state index in [1.165, 1.54) is 11.8 Å². The van der Waals surface area contributed by atoms with Crippen molar-refractivity contribution in [1.82, 2.24) is 15.3 Å². The van der Waals surface area contributed by atoms with Crippen molar-refractivity contribution in [2.24, 2.45) is 0 Å². The van der Waals surface area contributed by atoms with E-state index in [-0.39, 0.29) is 5.88 Å². The molecule has 0 spiro atoms. The summed E-state index contributed by atoms with van der Waals surface area (Å²) in [7, 11) is 0. The summed E-state index contributed by atoms with van der Waals surface area (Å²) < 4.78 is 0. The van der Waals surface area contributed by atoms with E-state index in [2.05, 4.69) is 15.3 Å². The molecule has 13 heavy (non-hydrogen) atoms. The fourth-order valence-electron chi connectivity index (χ4n) is 1.13. The van der Waals surface area contributed by atoms with Crippen LogP contribution >= 0.6 is 11.8 Å². The van der Waals surface area contributed by atoms with Crippen LogP contribution in [0.1, 0.15) is 12.7 Å². The summed E-state index contributed by atoms with van der Waals surface area (Å²) in [4.78, 5) is 7.82. The van der Waals surface area contributed by atoms with Crippen LogP contribution in [0.15, 0.2) is 29.8 Å². The van der Waals surface area contributed by atoms with E-state index < -0.39 is 4.87 Å². The van der Waals surface area contributed by atoms with E-state index in [9.17, 15) is 5.11 Å². The largest absolute Gasteiger partial charge is 0.494 e. The van der Waals surface area contributed by atoms with Crippen LogP contribution in [0.4, 0.5) is 0 Å². The number of rotatable bonds is 1. The predicted molar refractivity (Wildman–Crippen MR) is 50.8 cm³/mol. The number of aliphatic hydroxyl groups excluding tert-OH is 1. The van der Waals surface area contributed by atoms with Gasteiger partial charge in [0.05, 0.1) is 0 Å². The monoisotopic (exact) mass is 195 g/mol. The second kappa shape index (κ2) is 2.92. The average Bonchev–Trinajstić information content (AvgIpc) is 2.49. The van der Waals surface area contributed by atoms with Crippen LogP contribution in [0, 0.1) is 0 Å². The molecule has 5 heteroatoms. The van der Waals surface area contributed by atoms with Crippen LogP contribution in [0.3, 0.4) is 0 Å². The molecule has 4 nitrogen and oxygen atoms in total. The fourth-order valence-corrected chi connectivity index (χ4v) is 1.91. The van der Waals surface area contributed by atoms with E-state index in [0.717, 1.165) is 0 Å². The number of aromatic nitrogens is 2. The minimum absolute atomic E-state index is 0.167. The van der Waals surface area contributed by atoms with Crippen molar-refractivity contribution in [1.29, 1.82) is 0 Å². The number of hydrogen-bond donors (Lipinski definition) is 2. The molecule has 1 aromatic heterocycles. The second-order valence-electron chi connectivity index (χ2n) is 2.85. The maximum atomic E-state index is 9.20. The maximum Gasteiger partial charge on any atom is 0.192 e. The van der Waals surface area contributed by atoms with Crippen LogP contribution < -0.4 is 5.32 Å². The van der Waals surface area contributed by atoms with Crippen molar-refractivity contribution in [2.45, 2.75) is 11.8 Å². The van der Waals surface area contributed by atoms with Gasteiger partial charge in [0.2, 0.25) is 0 Å². The van der Waals surface area contributed by atoms with E-state index in [4.69, 9.17) is 0 Å². The molecule has 1 aromatic rings. The van der Waals surface area contributed by atoms with Gasteiger partial charge in [-0.15, -0.1) is 0 Å². The Bertz CT molecular complexity index is 341. The lowest BCUT2D eigenvalue weighted by molar-refractivity contribution is 0.340. The van der Waals surface area contributed by atoms with Crippen LogP contribution in [0.5, 0.6) is 0 Å². The normalized spacial score (nSPS) is 26.7. The Kier molecular flexibility index (Phi) is 1.88. The van der Waals surface area contributed by atoms with Gasteiger partial charge in [0, 0.05) is 17.8 Å². The third kappa shape index (κ3) is 1.47. The van der Waals surface area contributed by atoms with Gasteiger partial charge in [-0.3, -0.25) is 0 Å². The molecule has 0 bridgehead atoms. The number of aliphatic hydroxyl groups is 1. The Morgan fingerprint density at radius 1 is 1.46 bits per heavy atom. The van der Waals surface area contributed by atoms with E-state index in [0.29, 0.717) is 5.82 Å². The topological polar surface area (TPSA) is 58.0 Å². The second-order valence-corrected chi connectivity index (χ2v) is 4.14. The SMILES string of the molecule is CC1(c2ncccn2)NC(O)=CS1. The molecule has 0 fully saturated rings. The molecule has 1 aliphatic rings. The highest BCUT2D eigenvalue weighted by molar-refractivity contribution is 8.03. The highest BCUT2D eigenvalue weighted by Crippen LogP contribution is 2.37. The molecule has 68 valence electrons. The Hall–Kier alpha value is -1.23. The minimum Gasteiger partial charge on any atom is -0.494 e. The van der Waals surface area contributed by atoms with Crippen molar-refractivity contribution in [3.05, 3.63) is 35.6 Å². The van der Waals surface area contributed by atoms with Crippen LogP contribution in [0.2, 0.25) is 0 Å². The molecule has 1 unspecified atom stereocenters. The molecule has 0 aliphatic carbocycles. The van der Waals surface area contributed by atoms with Gasteiger partial charge in [-0.1, -0.05) is 11.8 Å². The summed E-state index contributed by atoms with van der Waals surface area (Å²) in [6.45, 7) is 1.92. The Morgan fingerprint density at radius 3 is 2.69 bits per heavy atom. The summed E-state index contributed by atoms with van der Waals surface area (Å²) >= 11 is 1.46. The molecule has 0 saturated carbocycles. The molecule has 0 radical (unpaired) electrons. The van der Waals surface area contributed by atoms with Gasteiger partial charge in [0.25, 0.3) is 0 Å². The molecular formula is C8H9N3OS. The molecule has 0 amide bonds. The van der Waals surface area contributed by atoms with E-state index >= 15 is 0 Å². The number of hydrogen-bond acceptors (Lipinski definition) is 5. The maximum absolute atomic E-state index is 9.20. The minimum atomic E-state index is -0.439. The van der Waals surface area contributed by atoms with Gasteiger partial charge >= 0.3 is 0 Å². The van der Waals surface area contributed by atoms with Crippen molar-refractivity contribution in [3.8, 4) is 0 Å². The highest BCUT2D eigenvalue weighted by atomic mass is 32.2. The summed E-state index contributed by atoms with van der Waals surface area (Å²) in [5.41, 5.74) is 0. The number of nitrogens with zero attached hydrogens (tertiary/aromatic N) is 2. The summed E-state index contributed by atoms with van der Waals surface area (Å²) in [6.07, 6.45) is 3.37. The van der Waals surface area contributed by atoms with Crippen molar-refractivity contribution >= 4 is 11.8 Å². The smallest absolute Gasteiger partial charge is 0.192 e. The average molecular weight is 195 g/mol. The van der Waals surface area contributed by atoms with Gasteiger partial charge < -0.3 is 10.4 Å². The Morgan fingerprint density at radius 2 is 2.15 bits per heavy atom. The Labute approximate surface area is 80.1 Å². The van der Waals surface area contributed by atoms with Crippen LogP contribution in [-0.4, -0.2) is 15.1 Å². The third-order valence-corrected chi connectivity index (χ3v) is 2.86. The lowest BCUT2D eigenvalue weighted by Crippen LogP contribution is -2.33. The molecule has 2 heterocycles. The van der Waals surface area contributed by atoms with Crippen molar-refractivity contribution in [3.63, 3.8) is 0 Å². The predicted octanol–water partition coefficient (Wildman–Crippen LogP) is 1.34. The number of thioether (sulfide) groups is 1. The van der Waals surface area contributed by atoms with E-state index in [1.54, 1.807) is 23.9 Å². The molecular weight excluding hydrogens is 186 g/mol. The zero-order valence-electron chi connectivity index (χ0n) is 7.06. The first-order valence-electron chi connectivity index (χ1n) is 3.83. The number of nitrogens with one attached hydrogen (secondary N) is 1. The van der Waals surface area contributed by atoms with Crippen LogP contribution in [0.25, 0.3) is 0 Å². The van der Waals surface area contributed by atoms with Crippen molar-refractivity contribution < 1.29 is 5.11 Å². The third-order valence-electron chi connectivity index (χ3n) is 1.77. The van der Waals surface area contributed by atoms with Gasteiger partial charge in [0.1, 0.15) is 4.87 Å². The first kappa shape index (κ1) is 8.37. The Balaban J connectivity index is 2.28. The molecule has 1 aliphatic heterocycles. The first-order chi connectivity index (χ1) is 6.21. The fraction of sp³-hybridized carbons (Fsp3) is 0.250. The summed E-state index contributed by atoms with van der Waals surface area (Å²) in [5.74, 6) is 0.834. The molecule has 2 rings (SSSR count). The molecule has 2 N–H and O–H groups in total. The summed E-state index contributed by atoms with van der Waals surface area (Å²) in [5, 5.41) is 13.8. The van der Waals surface area contributed by atoms with Gasteiger partial charge in [-0.25, -0.2) is 9.97 Å². The first-order valence-corrected chi connectivity index (χ1v) is 4.71. The quantitative estimate of drug-likeness (QED) is 0.708. The molecule has 0 aromatic carbocycles. The molecule has 1 atom stereocenters. The van der Waals surface area contributed by atoms with Crippen LogP contribution in [-0.2, 0) is 4.87 Å². The highest BCUT2D eigenvalue weighted by Gasteiger charge is 2.34. The molecule has 0 saturated heterocycles.